The SMILES string of the molecule is Cc1cc(Cl)ccc1OCCCn1cc(N)ccc1=O. The number of halogens is 1. The number of ether oxygens (including phenoxy) is 1. The molecule has 0 unspecified atom stereocenters. The van der Waals surface area contributed by atoms with Crippen molar-refractivity contribution in [2.45, 2.75) is 19.9 Å². The first kappa shape index (κ1) is 14.5. The van der Waals surface area contributed by atoms with E-state index >= 15 is 0 Å². The molecular formula is C15H17ClN2O2. The van der Waals surface area contributed by atoms with Gasteiger partial charge in [-0.15, -0.1) is 0 Å². The minimum atomic E-state index is -0.0538. The van der Waals surface area contributed by atoms with Crippen molar-refractivity contribution in [2.24, 2.45) is 0 Å². The molecule has 0 radical (unpaired) electrons. The molecule has 0 spiro atoms. The second kappa shape index (κ2) is 6.48. The van der Waals surface area contributed by atoms with Crippen LogP contribution >= 0.6 is 11.6 Å². The summed E-state index contributed by atoms with van der Waals surface area (Å²) in [6, 6.07) is 8.59. The summed E-state index contributed by atoms with van der Waals surface area (Å²) in [6.07, 6.45) is 2.38. The first-order valence-electron chi connectivity index (χ1n) is 6.41. The van der Waals surface area contributed by atoms with Gasteiger partial charge in [-0.3, -0.25) is 4.79 Å². The van der Waals surface area contributed by atoms with Gasteiger partial charge < -0.3 is 15.0 Å². The maximum atomic E-state index is 11.6. The number of anilines is 1. The molecule has 2 N–H and O–H groups in total. The lowest BCUT2D eigenvalue weighted by Gasteiger charge is -2.10. The lowest BCUT2D eigenvalue weighted by Crippen LogP contribution is -2.20. The standard InChI is InChI=1S/C15H17ClN2O2/c1-11-9-12(16)3-5-14(11)20-8-2-7-18-10-13(17)4-6-15(18)19/h3-6,9-10H,2,7-8,17H2,1H3. The lowest BCUT2D eigenvalue weighted by molar-refractivity contribution is 0.299. The van der Waals surface area contributed by atoms with Gasteiger partial charge in [-0.2, -0.15) is 0 Å². The molecule has 2 aromatic rings. The molecule has 1 heterocycles. The van der Waals surface area contributed by atoms with Crippen molar-refractivity contribution in [3.05, 3.63) is 57.5 Å². The van der Waals surface area contributed by atoms with E-state index in [1.54, 1.807) is 22.9 Å². The average Bonchev–Trinajstić information content (AvgIpc) is 2.40. The third-order valence-corrected chi connectivity index (χ3v) is 3.18. The van der Waals surface area contributed by atoms with Crippen LogP contribution in [0.5, 0.6) is 5.75 Å². The van der Waals surface area contributed by atoms with Crippen LogP contribution < -0.4 is 16.0 Å². The van der Waals surface area contributed by atoms with Gasteiger partial charge in [0.05, 0.1) is 6.61 Å². The Balaban J connectivity index is 1.87. The number of hydrogen-bond acceptors (Lipinski definition) is 3. The highest BCUT2D eigenvalue weighted by Gasteiger charge is 2.01. The Morgan fingerprint density at radius 3 is 2.85 bits per heavy atom. The van der Waals surface area contributed by atoms with Gasteiger partial charge in [0, 0.05) is 29.5 Å². The van der Waals surface area contributed by atoms with E-state index in [0.29, 0.717) is 23.9 Å². The molecule has 0 aliphatic carbocycles. The van der Waals surface area contributed by atoms with Crippen LogP contribution in [0.25, 0.3) is 0 Å². The molecule has 5 heteroatoms. The quantitative estimate of drug-likeness (QED) is 0.862. The average molecular weight is 293 g/mol. The summed E-state index contributed by atoms with van der Waals surface area (Å²) in [6.45, 7) is 3.06. The van der Waals surface area contributed by atoms with Crippen molar-refractivity contribution < 1.29 is 4.74 Å². The van der Waals surface area contributed by atoms with Crippen LogP contribution in [0.1, 0.15) is 12.0 Å². The van der Waals surface area contributed by atoms with Crippen LogP contribution in [0.15, 0.2) is 41.3 Å². The molecule has 106 valence electrons. The zero-order valence-corrected chi connectivity index (χ0v) is 12.1. The molecular weight excluding hydrogens is 276 g/mol. The van der Waals surface area contributed by atoms with Crippen LogP contribution in [0.3, 0.4) is 0 Å². The van der Waals surface area contributed by atoms with Crippen molar-refractivity contribution in [2.75, 3.05) is 12.3 Å². The van der Waals surface area contributed by atoms with Gasteiger partial charge in [0.25, 0.3) is 5.56 Å². The fourth-order valence-corrected chi connectivity index (χ4v) is 2.14. The Kier molecular flexibility index (Phi) is 4.69. The predicted octanol–water partition coefficient (Wildman–Crippen LogP) is 2.86. The van der Waals surface area contributed by atoms with Crippen molar-refractivity contribution in [1.82, 2.24) is 4.57 Å². The van der Waals surface area contributed by atoms with Gasteiger partial charge in [-0.05, 0) is 43.2 Å². The summed E-state index contributed by atoms with van der Waals surface area (Å²) in [5.41, 5.74) is 7.18. The summed E-state index contributed by atoms with van der Waals surface area (Å²) in [5, 5.41) is 0.696. The molecule has 4 nitrogen and oxygen atoms in total. The number of nitrogens with zero attached hydrogens (tertiary/aromatic N) is 1. The maximum Gasteiger partial charge on any atom is 0.250 e. The third kappa shape index (κ3) is 3.78. The molecule has 0 bridgehead atoms. The van der Waals surface area contributed by atoms with E-state index in [0.717, 1.165) is 17.7 Å². The first-order chi connectivity index (χ1) is 9.56. The highest BCUT2D eigenvalue weighted by atomic mass is 35.5. The molecule has 0 amide bonds. The van der Waals surface area contributed by atoms with Gasteiger partial charge in [0.2, 0.25) is 0 Å². The van der Waals surface area contributed by atoms with E-state index in [1.165, 1.54) is 6.07 Å². The van der Waals surface area contributed by atoms with Gasteiger partial charge in [-0.1, -0.05) is 11.6 Å². The summed E-state index contributed by atoms with van der Waals surface area (Å²) in [5.74, 6) is 0.814. The Morgan fingerprint density at radius 2 is 2.10 bits per heavy atom. The van der Waals surface area contributed by atoms with Gasteiger partial charge in [0.15, 0.2) is 0 Å². The van der Waals surface area contributed by atoms with Crippen molar-refractivity contribution in [3.8, 4) is 5.75 Å². The van der Waals surface area contributed by atoms with Gasteiger partial charge in [-0.25, -0.2) is 0 Å². The molecule has 0 aliphatic rings. The molecule has 0 saturated carbocycles. The van der Waals surface area contributed by atoms with E-state index in [1.807, 2.05) is 19.1 Å². The highest BCUT2D eigenvalue weighted by molar-refractivity contribution is 6.30. The minimum Gasteiger partial charge on any atom is -0.493 e. The van der Waals surface area contributed by atoms with E-state index in [9.17, 15) is 4.79 Å². The number of hydrogen-bond donors (Lipinski definition) is 1. The second-order valence-corrected chi connectivity index (χ2v) is 5.04. The fourth-order valence-electron chi connectivity index (χ4n) is 1.92. The van der Waals surface area contributed by atoms with E-state index in [4.69, 9.17) is 22.1 Å². The number of rotatable bonds is 5. The molecule has 2 rings (SSSR count). The largest absolute Gasteiger partial charge is 0.493 e. The molecule has 0 aliphatic heterocycles. The smallest absolute Gasteiger partial charge is 0.250 e. The van der Waals surface area contributed by atoms with Crippen molar-refractivity contribution in [1.29, 1.82) is 0 Å². The number of pyridine rings is 1. The van der Waals surface area contributed by atoms with E-state index in [2.05, 4.69) is 0 Å². The second-order valence-electron chi connectivity index (χ2n) is 4.61. The molecule has 1 aromatic heterocycles. The maximum absolute atomic E-state index is 11.6. The number of benzene rings is 1. The first-order valence-corrected chi connectivity index (χ1v) is 6.79. The predicted molar refractivity (Wildman–Crippen MR) is 81.4 cm³/mol. The van der Waals surface area contributed by atoms with Crippen molar-refractivity contribution in [3.63, 3.8) is 0 Å². The van der Waals surface area contributed by atoms with Gasteiger partial charge in [0.1, 0.15) is 5.75 Å². The molecule has 0 fully saturated rings. The number of aromatic nitrogens is 1. The monoisotopic (exact) mass is 292 g/mol. The molecule has 0 atom stereocenters. The zero-order chi connectivity index (χ0) is 14.5. The lowest BCUT2D eigenvalue weighted by atomic mass is 10.2. The Hall–Kier alpha value is -1.94. The van der Waals surface area contributed by atoms with Crippen LogP contribution in [0, 0.1) is 6.92 Å². The topological polar surface area (TPSA) is 57.2 Å². The van der Waals surface area contributed by atoms with Crippen molar-refractivity contribution >= 4 is 17.3 Å². The highest BCUT2D eigenvalue weighted by Crippen LogP contribution is 2.21. The minimum absolute atomic E-state index is 0.0538. The van der Waals surface area contributed by atoms with Crippen LogP contribution in [-0.4, -0.2) is 11.2 Å². The van der Waals surface area contributed by atoms with Crippen LogP contribution in [0.4, 0.5) is 5.69 Å². The molecule has 0 saturated heterocycles. The number of nitrogens with two attached hydrogens (primary N) is 1. The Labute approximate surface area is 122 Å². The third-order valence-electron chi connectivity index (χ3n) is 2.94. The Morgan fingerprint density at radius 1 is 1.30 bits per heavy atom. The van der Waals surface area contributed by atoms with E-state index in [-0.39, 0.29) is 5.56 Å². The summed E-state index contributed by atoms with van der Waals surface area (Å²) in [4.78, 5) is 11.6. The summed E-state index contributed by atoms with van der Waals surface area (Å²) in [7, 11) is 0. The summed E-state index contributed by atoms with van der Waals surface area (Å²) >= 11 is 5.89. The summed E-state index contributed by atoms with van der Waals surface area (Å²) < 4.78 is 7.27. The number of aryl methyl sites for hydroxylation is 2. The fraction of sp³-hybridized carbons (Fsp3) is 0.267. The van der Waals surface area contributed by atoms with E-state index < -0.39 is 0 Å². The van der Waals surface area contributed by atoms with Crippen LogP contribution in [-0.2, 0) is 6.54 Å². The number of nitrogen functional groups attached to an aromatic ring is 1. The normalized spacial score (nSPS) is 10.5. The van der Waals surface area contributed by atoms with Gasteiger partial charge >= 0.3 is 0 Å². The molecule has 20 heavy (non-hydrogen) atoms. The zero-order valence-electron chi connectivity index (χ0n) is 11.3. The van der Waals surface area contributed by atoms with Crippen LogP contribution in [0.2, 0.25) is 5.02 Å². The molecule has 1 aromatic carbocycles. The Bertz CT molecular complexity index is 653.